The first-order chi connectivity index (χ1) is 9.49. The maximum absolute atomic E-state index is 12.0. The minimum atomic E-state index is -0.559. The number of hydrogen-bond acceptors (Lipinski definition) is 5. The zero-order chi connectivity index (χ0) is 15.1. The van der Waals surface area contributed by atoms with Gasteiger partial charge in [-0.05, 0) is 41.1 Å². The summed E-state index contributed by atoms with van der Waals surface area (Å²) in [5, 5.41) is 0. The Morgan fingerprint density at radius 1 is 1.40 bits per heavy atom. The minimum Gasteiger partial charge on any atom is -0.468 e. The maximum atomic E-state index is 12.0. The molecule has 1 aromatic heterocycles. The fraction of sp³-hybridized carbons (Fsp3) is 0.308. The molecule has 0 aliphatic heterocycles. The molecule has 0 aromatic carbocycles. The van der Waals surface area contributed by atoms with E-state index in [2.05, 4.69) is 20.7 Å². The molecule has 0 N–H and O–H groups in total. The number of carbonyl (C=O) groups is 2. The second kappa shape index (κ2) is 7.64. The molecule has 0 radical (unpaired) electrons. The molecule has 0 unspecified atom stereocenters. The zero-order valence-electron chi connectivity index (χ0n) is 11.1. The smallest absolute Gasteiger partial charge is 0.330 e. The van der Waals surface area contributed by atoms with Crippen LogP contribution in [-0.2, 0) is 25.6 Å². The van der Waals surface area contributed by atoms with Crippen molar-refractivity contribution < 1.29 is 19.1 Å². The number of methoxy groups -OCH3 is 1. The SMILES string of the molecule is CCOC(=O)C=Cc1ccc(Br)c(=O)n1CC(=O)OC. The molecule has 1 heterocycles. The number of ether oxygens (including phenoxy) is 2. The van der Waals surface area contributed by atoms with Crippen LogP contribution in [-0.4, -0.2) is 30.2 Å². The van der Waals surface area contributed by atoms with Gasteiger partial charge < -0.3 is 9.47 Å². The van der Waals surface area contributed by atoms with E-state index in [4.69, 9.17) is 4.74 Å². The standard InChI is InChI=1S/C13H14BrNO5/c1-3-20-11(16)7-5-9-4-6-10(14)13(18)15(9)8-12(17)19-2/h4-7H,3,8H2,1-2H3. The van der Waals surface area contributed by atoms with Gasteiger partial charge in [0, 0.05) is 11.8 Å². The Morgan fingerprint density at radius 2 is 2.10 bits per heavy atom. The van der Waals surface area contributed by atoms with Crippen molar-refractivity contribution in [1.82, 2.24) is 4.57 Å². The third-order valence-electron chi connectivity index (χ3n) is 2.35. The Labute approximate surface area is 124 Å². The van der Waals surface area contributed by atoms with Gasteiger partial charge in [-0.3, -0.25) is 14.2 Å². The Kier molecular flexibility index (Phi) is 6.17. The average molecular weight is 344 g/mol. The number of esters is 2. The molecule has 1 aromatic rings. The van der Waals surface area contributed by atoms with Crippen LogP contribution in [0.3, 0.4) is 0 Å². The summed E-state index contributed by atoms with van der Waals surface area (Å²) in [7, 11) is 1.24. The van der Waals surface area contributed by atoms with Crippen molar-refractivity contribution in [1.29, 1.82) is 0 Å². The van der Waals surface area contributed by atoms with Crippen molar-refractivity contribution in [2.45, 2.75) is 13.5 Å². The number of carbonyl (C=O) groups excluding carboxylic acids is 2. The second-order valence-corrected chi connectivity index (χ2v) is 4.51. The first kappa shape index (κ1) is 16.2. The van der Waals surface area contributed by atoms with Crippen LogP contribution in [0.1, 0.15) is 12.6 Å². The van der Waals surface area contributed by atoms with Gasteiger partial charge in [0.1, 0.15) is 6.54 Å². The molecule has 1 rings (SSSR count). The van der Waals surface area contributed by atoms with Gasteiger partial charge in [0.2, 0.25) is 0 Å². The number of hydrogen-bond donors (Lipinski definition) is 0. The fourth-order valence-corrected chi connectivity index (χ4v) is 1.76. The van der Waals surface area contributed by atoms with E-state index in [1.54, 1.807) is 19.1 Å². The van der Waals surface area contributed by atoms with Gasteiger partial charge in [-0.1, -0.05) is 0 Å². The normalized spacial score (nSPS) is 10.6. The highest BCUT2D eigenvalue weighted by Gasteiger charge is 2.10. The number of aromatic nitrogens is 1. The summed E-state index contributed by atoms with van der Waals surface area (Å²) in [5.41, 5.74) is 0.0121. The topological polar surface area (TPSA) is 74.6 Å². The molecule has 6 nitrogen and oxygen atoms in total. The van der Waals surface area contributed by atoms with E-state index in [-0.39, 0.29) is 18.7 Å². The van der Waals surface area contributed by atoms with Crippen molar-refractivity contribution in [3.05, 3.63) is 38.7 Å². The second-order valence-electron chi connectivity index (χ2n) is 3.66. The lowest BCUT2D eigenvalue weighted by atomic mass is 10.3. The van der Waals surface area contributed by atoms with Gasteiger partial charge in [0.05, 0.1) is 18.2 Å². The molecule has 108 valence electrons. The highest BCUT2D eigenvalue weighted by molar-refractivity contribution is 9.10. The number of rotatable bonds is 5. The molecule has 0 bridgehead atoms. The van der Waals surface area contributed by atoms with Gasteiger partial charge in [-0.15, -0.1) is 0 Å². The molecule has 0 fully saturated rings. The van der Waals surface area contributed by atoms with Crippen LogP contribution in [0.2, 0.25) is 0 Å². The van der Waals surface area contributed by atoms with E-state index in [0.29, 0.717) is 10.2 Å². The number of halogens is 1. The maximum Gasteiger partial charge on any atom is 0.330 e. The molecule has 0 saturated heterocycles. The predicted octanol–water partition coefficient (Wildman–Crippen LogP) is 1.36. The van der Waals surface area contributed by atoms with Crippen molar-refractivity contribution in [2.24, 2.45) is 0 Å². The molecule has 0 spiro atoms. The molecule has 0 amide bonds. The number of nitrogens with zero attached hydrogens (tertiary/aromatic N) is 1. The molecular weight excluding hydrogens is 330 g/mol. The summed E-state index contributed by atoms with van der Waals surface area (Å²) in [5.74, 6) is -1.08. The van der Waals surface area contributed by atoms with Gasteiger partial charge >= 0.3 is 11.9 Å². The van der Waals surface area contributed by atoms with Crippen LogP contribution in [0.25, 0.3) is 6.08 Å². The highest BCUT2D eigenvalue weighted by atomic mass is 79.9. The molecule has 0 aliphatic carbocycles. The lowest BCUT2D eigenvalue weighted by Crippen LogP contribution is -2.27. The quantitative estimate of drug-likeness (QED) is 0.596. The van der Waals surface area contributed by atoms with Crippen LogP contribution >= 0.6 is 15.9 Å². The van der Waals surface area contributed by atoms with E-state index >= 15 is 0 Å². The summed E-state index contributed by atoms with van der Waals surface area (Å²) in [6.07, 6.45) is 2.61. The average Bonchev–Trinajstić information content (AvgIpc) is 2.43. The first-order valence-corrected chi connectivity index (χ1v) is 6.59. The summed E-state index contributed by atoms with van der Waals surface area (Å²) >= 11 is 3.10. The number of pyridine rings is 1. The Hall–Kier alpha value is -1.89. The van der Waals surface area contributed by atoms with Crippen molar-refractivity contribution in [3.63, 3.8) is 0 Å². The van der Waals surface area contributed by atoms with Crippen LogP contribution in [0.5, 0.6) is 0 Å². The third kappa shape index (κ3) is 4.34. The van der Waals surface area contributed by atoms with Gasteiger partial charge in [-0.2, -0.15) is 0 Å². The monoisotopic (exact) mass is 343 g/mol. The van der Waals surface area contributed by atoms with E-state index < -0.39 is 11.9 Å². The van der Waals surface area contributed by atoms with E-state index in [1.165, 1.54) is 23.8 Å². The van der Waals surface area contributed by atoms with Crippen LogP contribution in [0.4, 0.5) is 0 Å². The van der Waals surface area contributed by atoms with E-state index in [9.17, 15) is 14.4 Å². The van der Waals surface area contributed by atoms with Crippen molar-refractivity contribution >= 4 is 33.9 Å². The molecule has 0 atom stereocenters. The van der Waals surface area contributed by atoms with Gasteiger partial charge in [0.25, 0.3) is 5.56 Å². The molecule has 7 heteroatoms. The largest absolute Gasteiger partial charge is 0.468 e. The summed E-state index contributed by atoms with van der Waals surface area (Å²) in [6.45, 7) is 1.72. The third-order valence-corrected chi connectivity index (χ3v) is 2.96. The van der Waals surface area contributed by atoms with Crippen LogP contribution in [0.15, 0.2) is 27.5 Å². The fourth-order valence-electron chi connectivity index (χ4n) is 1.41. The first-order valence-electron chi connectivity index (χ1n) is 5.80. The van der Waals surface area contributed by atoms with Crippen LogP contribution in [0, 0.1) is 0 Å². The zero-order valence-corrected chi connectivity index (χ0v) is 12.7. The van der Waals surface area contributed by atoms with Crippen molar-refractivity contribution in [3.8, 4) is 0 Å². The van der Waals surface area contributed by atoms with Crippen molar-refractivity contribution in [2.75, 3.05) is 13.7 Å². The van der Waals surface area contributed by atoms with Gasteiger partial charge in [-0.25, -0.2) is 4.79 Å². The molecule has 0 saturated carbocycles. The summed E-state index contributed by atoms with van der Waals surface area (Å²) in [6, 6.07) is 3.14. The summed E-state index contributed by atoms with van der Waals surface area (Å²) < 4.78 is 10.8. The predicted molar refractivity (Wildman–Crippen MR) is 76.1 cm³/mol. The lowest BCUT2D eigenvalue weighted by molar-refractivity contribution is -0.141. The van der Waals surface area contributed by atoms with Crippen LogP contribution < -0.4 is 5.56 Å². The Bertz CT molecular complexity index is 591. The Balaban J connectivity index is 3.12. The molecular formula is C13H14BrNO5. The van der Waals surface area contributed by atoms with E-state index in [0.717, 1.165) is 0 Å². The van der Waals surface area contributed by atoms with Gasteiger partial charge in [0.15, 0.2) is 0 Å². The summed E-state index contributed by atoms with van der Waals surface area (Å²) in [4.78, 5) is 34.6. The van der Waals surface area contributed by atoms with E-state index in [1.807, 2.05) is 0 Å². The molecule has 0 aliphatic rings. The minimum absolute atomic E-state index is 0.239. The Morgan fingerprint density at radius 3 is 2.70 bits per heavy atom. The lowest BCUT2D eigenvalue weighted by Gasteiger charge is -2.09. The highest BCUT2D eigenvalue weighted by Crippen LogP contribution is 2.08. The molecule has 20 heavy (non-hydrogen) atoms.